The molecule has 2 heterocycles. The summed E-state index contributed by atoms with van der Waals surface area (Å²) in [5, 5.41) is 3.35. The van der Waals surface area contributed by atoms with Crippen molar-refractivity contribution in [3.8, 4) is 5.75 Å². The van der Waals surface area contributed by atoms with Crippen molar-refractivity contribution < 1.29 is 4.74 Å². The lowest BCUT2D eigenvalue weighted by atomic mass is 9.87. The van der Waals surface area contributed by atoms with Gasteiger partial charge >= 0.3 is 0 Å². The van der Waals surface area contributed by atoms with Crippen LogP contribution in [0, 0.1) is 0 Å². The Morgan fingerprint density at radius 1 is 1.40 bits per heavy atom. The van der Waals surface area contributed by atoms with E-state index in [0.29, 0.717) is 0 Å². The molecule has 1 aromatic carbocycles. The highest BCUT2D eigenvalue weighted by Crippen LogP contribution is 2.40. The summed E-state index contributed by atoms with van der Waals surface area (Å²) in [6.07, 6.45) is 1.99. The highest BCUT2D eigenvalue weighted by Gasteiger charge is 2.41. The topological polar surface area (TPSA) is 47.3 Å². The van der Waals surface area contributed by atoms with Gasteiger partial charge in [-0.1, -0.05) is 18.2 Å². The average molecular weight is 204 g/mol. The number of ether oxygens (including phenoxy) is 1. The molecule has 2 atom stereocenters. The summed E-state index contributed by atoms with van der Waals surface area (Å²) in [6, 6.07) is 8.23. The minimum atomic E-state index is -0.0478. The van der Waals surface area contributed by atoms with Crippen molar-refractivity contribution in [2.75, 3.05) is 13.1 Å². The van der Waals surface area contributed by atoms with Crippen LogP contribution in [0.15, 0.2) is 24.3 Å². The van der Waals surface area contributed by atoms with Gasteiger partial charge in [0.05, 0.1) is 0 Å². The van der Waals surface area contributed by atoms with Crippen LogP contribution in [0.4, 0.5) is 0 Å². The van der Waals surface area contributed by atoms with Gasteiger partial charge in [0.25, 0.3) is 0 Å². The number of para-hydroxylation sites is 1. The molecule has 15 heavy (non-hydrogen) atoms. The molecule has 3 N–H and O–H groups in total. The minimum absolute atomic E-state index is 0.0478. The predicted octanol–water partition coefficient (Wildman–Crippen LogP) is 1.20. The van der Waals surface area contributed by atoms with Crippen molar-refractivity contribution >= 4 is 0 Å². The summed E-state index contributed by atoms with van der Waals surface area (Å²) >= 11 is 0. The van der Waals surface area contributed by atoms with Crippen molar-refractivity contribution in [1.29, 1.82) is 0 Å². The molecule has 0 aromatic heterocycles. The zero-order valence-corrected chi connectivity index (χ0v) is 8.70. The molecule has 0 bridgehead atoms. The van der Waals surface area contributed by atoms with Crippen molar-refractivity contribution in [3.63, 3.8) is 0 Å². The highest BCUT2D eigenvalue weighted by atomic mass is 16.5. The van der Waals surface area contributed by atoms with E-state index in [1.807, 2.05) is 18.2 Å². The largest absolute Gasteiger partial charge is 0.485 e. The summed E-state index contributed by atoms with van der Waals surface area (Å²) in [6.45, 7) is 1.96. The van der Waals surface area contributed by atoms with Gasteiger partial charge in [-0.05, 0) is 12.6 Å². The van der Waals surface area contributed by atoms with Crippen LogP contribution in [0.25, 0.3) is 0 Å². The van der Waals surface area contributed by atoms with Crippen molar-refractivity contribution in [2.24, 2.45) is 5.73 Å². The fourth-order valence-electron chi connectivity index (χ4n) is 2.65. The molecule has 1 fully saturated rings. The second-order valence-corrected chi connectivity index (χ2v) is 4.56. The van der Waals surface area contributed by atoms with Crippen molar-refractivity contribution in [2.45, 2.75) is 24.5 Å². The Morgan fingerprint density at radius 3 is 3.07 bits per heavy atom. The number of nitrogens with two attached hydrogens (primary N) is 1. The van der Waals surface area contributed by atoms with Gasteiger partial charge in [-0.15, -0.1) is 0 Å². The molecule has 1 saturated heterocycles. The molecular formula is C12H16N2O. The smallest absolute Gasteiger partial charge is 0.124 e. The standard InChI is InChI=1S/C12H16N2O/c13-10-7-12(5-6-14-8-12)15-11-4-2-1-3-9(10)11/h1-4,10,14H,5-8,13H2/t10-,12?/m1/s1. The molecule has 2 aliphatic rings. The summed E-state index contributed by atoms with van der Waals surface area (Å²) in [5.41, 5.74) is 7.29. The normalized spacial score (nSPS) is 33.8. The van der Waals surface area contributed by atoms with E-state index in [0.717, 1.165) is 37.2 Å². The molecule has 1 spiro atoms. The van der Waals surface area contributed by atoms with Crippen LogP contribution in [-0.4, -0.2) is 18.7 Å². The van der Waals surface area contributed by atoms with E-state index in [4.69, 9.17) is 10.5 Å². The minimum Gasteiger partial charge on any atom is -0.485 e. The lowest BCUT2D eigenvalue weighted by Gasteiger charge is -2.38. The van der Waals surface area contributed by atoms with E-state index in [-0.39, 0.29) is 11.6 Å². The van der Waals surface area contributed by atoms with Crippen LogP contribution in [0.1, 0.15) is 24.4 Å². The number of nitrogens with one attached hydrogen (secondary N) is 1. The molecule has 3 rings (SSSR count). The molecule has 1 unspecified atom stereocenters. The molecule has 2 aliphatic heterocycles. The first kappa shape index (κ1) is 9.19. The van der Waals surface area contributed by atoms with Gasteiger partial charge < -0.3 is 15.8 Å². The fourth-order valence-corrected chi connectivity index (χ4v) is 2.65. The molecule has 0 radical (unpaired) electrons. The molecule has 0 aliphatic carbocycles. The molecule has 3 nitrogen and oxygen atoms in total. The Kier molecular flexibility index (Phi) is 1.97. The van der Waals surface area contributed by atoms with Crippen LogP contribution in [0.3, 0.4) is 0 Å². The van der Waals surface area contributed by atoms with E-state index in [1.165, 1.54) is 0 Å². The predicted molar refractivity (Wildman–Crippen MR) is 58.8 cm³/mol. The Bertz CT molecular complexity index is 372. The average Bonchev–Trinajstić information content (AvgIpc) is 2.66. The molecule has 3 heteroatoms. The SMILES string of the molecule is N[C@@H]1CC2(CCNC2)Oc2ccccc21. The first-order chi connectivity index (χ1) is 7.29. The van der Waals surface area contributed by atoms with Gasteiger partial charge in [0.1, 0.15) is 11.4 Å². The zero-order chi connectivity index (χ0) is 10.3. The van der Waals surface area contributed by atoms with Crippen LogP contribution < -0.4 is 15.8 Å². The number of benzene rings is 1. The Hall–Kier alpha value is -1.06. The first-order valence-corrected chi connectivity index (χ1v) is 5.53. The zero-order valence-electron chi connectivity index (χ0n) is 8.70. The maximum Gasteiger partial charge on any atom is 0.124 e. The number of fused-ring (bicyclic) bond motifs is 1. The molecular weight excluding hydrogens is 188 g/mol. The van der Waals surface area contributed by atoms with Gasteiger partial charge in [0.15, 0.2) is 0 Å². The van der Waals surface area contributed by atoms with Gasteiger partial charge in [0.2, 0.25) is 0 Å². The lowest BCUT2D eigenvalue weighted by Crippen LogP contribution is -2.44. The number of hydrogen-bond donors (Lipinski definition) is 2. The van der Waals surface area contributed by atoms with E-state index < -0.39 is 0 Å². The molecule has 0 amide bonds. The third-order valence-corrected chi connectivity index (χ3v) is 3.44. The van der Waals surface area contributed by atoms with Crippen molar-refractivity contribution in [1.82, 2.24) is 5.32 Å². The fraction of sp³-hybridized carbons (Fsp3) is 0.500. The second-order valence-electron chi connectivity index (χ2n) is 4.56. The van der Waals surface area contributed by atoms with Gasteiger partial charge in [-0.25, -0.2) is 0 Å². The highest BCUT2D eigenvalue weighted by molar-refractivity contribution is 5.39. The molecule has 0 saturated carbocycles. The monoisotopic (exact) mass is 204 g/mol. The second kappa shape index (κ2) is 3.22. The van der Waals surface area contributed by atoms with Gasteiger partial charge in [0, 0.05) is 31.0 Å². The van der Waals surface area contributed by atoms with Crippen LogP contribution in [0.2, 0.25) is 0 Å². The summed E-state index contributed by atoms with van der Waals surface area (Å²) < 4.78 is 6.11. The molecule has 80 valence electrons. The maximum atomic E-state index is 6.19. The van der Waals surface area contributed by atoms with E-state index >= 15 is 0 Å². The quantitative estimate of drug-likeness (QED) is 0.667. The van der Waals surface area contributed by atoms with E-state index in [9.17, 15) is 0 Å². The van der Waals surface area contributed by atoms with E-state index in [1.54, 1.807) is 0 Å². The van der Waals surface area contributed by atoms with E-state index in [2.05, 4.69) is 11.4 Å². The Balaban J connectivity index is 1.98. The first-order valence-electron chi connectivity index (χ1n) is 5.53. The maximum absolute atomic E-state index is 6.19. The third kappa shape index (κ3) is 1.43. The summed E-state index contributed by atoms with van der Waals surface area (Å²) in [4.78, 5) is 0. The summed E-state index contributed by atoms with van der Waals surface area (Å²) in [7, 11) is 0. The number of rotatable bonds is 0. The lowest BCUT2D eigenvalue weighted by molar-refractivity contribution is 0.0553. The summed E-state index contributed by atoms with van der Waals surface area (Å²) in [5.74, 6) is 0.972. The Labute approximate surface area is 89.6 Å². The van der Waals surface area contributed by atoms with Gasteiger partial charge in [-0.2, -0.15) is 0 Å². The Morgan fingerprint density at radius 2 is 2.27 bits per heavy atom. The van der Waals surface area contributed by atoms with Crippen LogP contribution in [-0.2, 0) is 0 Å². The van der Waals surface area contributed by atoms with Gasteiger partial charge in [-0.3, -0.25) is 0 Å². The molecule has 1 aromatic rings. The van der Waals surface area contributed by atoms with Crippen molar-refractivity contribution in [3.05, 3.63) is 29.8 Å². The number of hydrogen-bond acceptors (Lipinski definition) is 3. The third-order valence-electron chi connectivity index (χ3n) is 3.44. The van der Waals surface area contributed by atoms with Crippen LogP contribution >= 0.6 is 0 Å². The van der Waals surface area contributed by atoms with Crippen LogP contribution in [0.5, 0.6) is 5.75 Å².